The first-order valence-corrected chi connectivity index (χ1v) is 10.1. The summed E-state index contributed by atoms with van der Waals surface area (Å²) in [6.07, 6.45) is 3.35. The molecule has 0 saturated carbocycles. The zero-order valence-corrected chi connectivity index (χ0v) is 16.5. The molecule has 7 heteroatoms. The summed E-state index contributed by atoms with van der Waals surface area (Å²) in [6, 6.07) is 13.2. The number of hydrogen-bond acceptors (Lipinski definition) is 5. The fourth-order valence-electron chi connectivity index (χ4n) is 3.18. The van der Waals surface area contributed by atoms with Crippen LogP contribution >= 0.6 is 11.3 Å². The van der Waals surface area contributed by atoms with E-state index in [-0.39, 0.29) is 17.2 Å². The summed E-state index contributed by atoms with van der Waals surface area (Å²) in [5.41, 5.74) is 2.12. The highest BCUT2D eigenvalue weighted by Gasteiger charge is 2.17. The number of fused-ring (bicyclic) bond motifs is 2. The third-order valence-electron chi connectivity index (χ3n) is 4.66. The molecule has 4 rings (SSSR count). The van der Waals surface area contributed by atoms with Crippen LogP contribution < -0.4 is 10.9 Å². The molecule has 0 aliphatic heterocycles. The number of thiazole rings is 1. The Bertz CT molecular complexity index is 1240. The van der Waals surface area contributed by atoms with E-state index in [2.05, 4.69) is 34.5 Å². The van der Waals surface area contributed by atoms with Gasteiger partial charge in [0.05, 0.1) is 15.6 Å². The summed E-state index contributed by atoms with van der Waals surface area (Å²) >= 11 is 1.44. The van der Waals surface area contributed by atoms with E-state index >= 15 is 0 Å². The van der Waals surface area contributed by atoms with E-state index in [1.54, 1.807) is 31.3 Å². The lowest BCUT2D eigenvalue weighted by Gasteiger charge is -2.07. The fraction of sp³-hybridized carbons (Fsp3) is 0.238. The van der Waals surface area contributed by atoms with Gasteiger partial charge in [-0.2, -0.15) is 5.10 Å². The Morgan fingerprint density at radius 1 is 1.18 bits per heavy atom. The van der Waals surface area contributed by atoms with E-state index < -0.39 is 0 Å². The van der Waals surface area contributed by atoms with Gasteiger partial charge in [-0.15, -0.1) is 0 Å². The van der Waals surface area contributed by atoms with E-state index in [0.717, 1.165) is 29.5 Å². The van der Waals surface area contributed by atoms with Gasteiger partial charge in [0, 0.05) is 12.4 Å². The van der Waals surface area contributed by atoms with Crippen molar-refractivity contribution < 1.29 is 4.79 Å². The molecular formula is C21H20N4O2S. The molecule has 4 aromatic rings. The van der Waals surface area contributed by atoms with E-state index in [4.69, 9.17) is 0 Å². The van der Waals surface area contributed by atoms with Crippen molar-refractivity contribution in [3.63, 3.8) is 0 Å². The lowest BCUT2D eigenvalue weighted by atomic mass is 10.1. The number of aryl methyl sites for hydroxylation is 2. The topological polar surface area (TPSA) is 76.9 Å². The van der Waals surface area contributed by atoms with E-state index in [1.165, 1.54) is 21.6 Å². The summed E-state index contributed by atoms with van der Waals surface area (Å²) < 4.78 is 2.23. The summed E-state index contributed by atoms with van der Waals surface area (Å²) in [6.45, 7) is 2.18. The van der Waals surface area contributed by atoms with Gasteiger partial charge < -0.3 is 0 Å². The zero-order valence-electron chi connectivity index (χ0n) is 15.7. The lowest BCUT2D eigenvalue weighted by molar-refractivity contribution is 0.102. The standard InChI is InChI=1S/C21H20N4O2S/c1-3-4-7-13-10-11-16-17(12-13)28-21(22-16)23-19(26)18-14-8-5-6-9-15(14)20(27)25(2)24-18/h5-6,8-12H,3-4,7H2,1-2H3,(H,22,23,26). The number of rotatable bonds is 5. The third-order valence-corrected chi connectivity index (χ3v) is 5.60. The molecular weight excluding hydrogens is 372 g/mol. The number of nitrogens with zero attached hydrogens (tertiary/aromatic N) is 3. The second kappa shape index (κ2) is 7.52. The Hall–Kier alpha value is -3.06. The number of nitrogens with one attached hydrogen (secondary N) is 1. The van der Waals surface area contributed by atoms with Gasteiger partial charge in [-0.3, -0.25) is 14.9 Å². The molecule has 0 unspecified atom stereocenters. The van der Waals surface area contributed by atoms with E-state index in [9.17, 15) is 9.59 Å². The Labute approximate surface area is 165 Å². The highest BCUT2D eigenvalue weighted by Crippen LogP contribution is 2.28. The molecule has 0 bridgehead atoms. The fourth-order valence-corrected chi connectivity index (χ4v) is 4.11. The number of carbonyl (C=O) groups excluding carboxylic acids is 1. The van der Waals surface area contributed by atoms with Crippen LogP contribution in [-0.4, -0.2) is 20.7 Å². The molecule has 0 atom stereocenters. The largest absolute Gasteiger partial charge is 0.296 e. The predicted molar refractivity (Wildman–Crippen MR) is 113 cm³/mol. The van der Waals surface area contributed by atoms with Gasteiger partial charge >= 0.3 is 0 Å². The molecule has 0 saturated heterocycles. The van der Waals surface area contributed by atoms with Crippen molar-refractivity contribution in [3.8, 4) is 0 Å². The summed E-state index contributed by atoms with van der Waals surface area (Å²) in [7, 11) is 1.54. The minimum atomic E-state index is -0.378. The molecule has 0 fully saturated rings. The van der Waals surface area contributed by atoms with Gasteiger partial charge in [0.25, 0.3) is 11.5 Å². The van der Waals surface area contributed by atoms with E-state index in [0.29, 0.717) is 15.9 Å². The van der Waals surface area contributed by atoms with Crippen LogP contribution in [0, 0.1) is 0 Å². The van der Waals surface area contributed by atoms with Crippen LogP contribution in [0.1, 0.15) is 35.8 Å². The third kappa shape index (κ3) is 3.41. The average molecular weight is 392 g/mol. The Balaban J connectivity index is 1.66. The average Bonchev–Trinajstić information content (AvgIpc) is 3.10. The van der Waals surface area contributed by atoms with Crippen molar-refractivity contribution in [1.82, 2.24) is 14.8 Å². The summed E-state index contributed by atoms with van der Waals surface area (Å²) in [5.74, 6) is -0.378. The van der Waals surface area contributed by atoms with Gasteiger partial charge in [0.2, 0.25) is 0 Å². The number of anilines is 1. The van der Waals surface area contributed by atoms with Crippen molar-refractivity contribution in [2.75, 3.05) is 5.32 Å². The Morgan fingerprint density at radius 3 is 2.75 bits per heavy atom. The highest BCUT2D eigenvalue weighted by molar-refractivity contribution is 7.22. The Kier molecular flexibility index (Phi) is 4.92. The van der Waals surface area contributed by atoms with Crippen molar-refractivity contribution in [3.05, 3.63) is 64.1 Å². The first-order valence-electron chi connectivity index (χ1n) is 9.23. The Morgan fingerprint density at radius 2 is 1.96 bits per heavy atom. The molecule has 2 heterocycles. The minimum absolute atomic E-state index is 0.209. The number of amides is 1. The molecule has 1 amide bonds. The number of unbranched alkanes of at least 4 members (excludes halogenated alkanes) is 1. The number of aromatic nitrogens is 3. The highest BCUT2D eigenvalue weighted by atomic mass is 32.1. The smallest absolute Gasteiger partial charge is 0.278 e. The molecule has 0 aliphatic rings. The summed E-state index contributed by atoms with van der Waals surface area (Å²) in [5, 5.41) is 8.53. The zero-order chi connectivity index (χ0) is 19.7. The number of hydrogen-bond donors (Lipinski definition) is 1. The molecule has 0 aliphatic carbocycles. The van der Waals surface area contributed by atoms with Gasteiger partial charge in [-0.05, 0) is 36.6 Å². The SMILES string of the molecule is CCCCc1ccc2nc(NC(=O)c3nn(C)c(=O)c4ccccc34)sc2c1. The predicted octanol–water partition coefficient (Wildman–Crippen LogP) is 4.14. The van der Waals surface area contributed by atoms with Crippen molar-refractivity contribution in [1.29, 1.82) is 0 Å². The van der Waals surface area contributed by atoms with Crippen LogP contribution in [0.4, 0.5) is 5.13 Å². The maximum atomic E-state index is 12.9. The monoisotopic (exact) mass is 392 g/mol. The van der Waals surface area contributed by atoms with Crippen molar-refractivity contribution >= 4 is 43.4 Å². The summed E-state index contributed by atoms with van der Waals surface area (Å²) in [4.78, 5) is 29.6. The maximum absolute atomic E-state index is 12.9. The molecule has 2 aromatic heterocycles. The van der Waals surface area contributed by atoms with Gasteiger partial charge in [-0.25, -0.2) is 9.67 Å². The van der Waals surface area contributed by atoms with Crippen LogP contribution in [0.25, 0.3) is 21.0 Å². The number of carbonyl (C=O) groups is 1. The van der Waals surface area contributed by atoms with Crippen LogP contribution in [0.3, 0.4) is 0 Å². The van der Waals surface area contributed by atoms with E-state index in [1.807, 2.05) is 6.07 Å². The maximum Gasteiger partial charge on any atom is 0.278 e. The molecule has 142 valence electrons. The quantitative estimate of drug-likeness (QED) is 0.554. The van der Waals surface area contributed by atoms with Gasteiger partial charge in [-0.1, -0.05) is 48.9 Å². The molecule has 28 heavy (non-hydrogen) atoms. The lowest BCUT2D eigenvalue weighted by Crippen LogP contribution is -2.25. The molecule has 0 spiro atoms. The first-order chi connectivity index (χ1) is 13.6. The van der Waals surface area contributed by atoms with Crippen LogP contribution in [0.15, 0.2) is 47.3 Å². The van der Waals surface area contributed by atoms with Crippen LogP contribution in [0.5, 0.6) is 0 Å². The second-order valence-electron chi connectivity index (χ2n) is 6.70. The second-order valence-corrected chi connectivity index (χ2v) is 7.73. The number of benzene rings is 2. The molecule has 0 radical (unpaired) electrons. The van der Waals surface area contributed by atoms with Gasteiger partial charge in [0.15, 0.2) is 10.8 Å². The minimum Gasteiger partial charge on any atom is -0.296 e. The normalized spacial score (nSPS) is 11.2. The molecule has 1 N–H and O–H groups in total. The van der Waals surface area contributed by atoms with Crippen LogP contribution in [0.2, 0.25) is 0 Å². The molecule has 2 aromatic carbocycles. The van der Waals surface area contributed by atoms with Crippen molar-refractivity contribution in [2.45, 2.75) is 26.2 Å². The van der Waals surface area contributed by atoms with Gasteiger partial charge in [0.1, 0.15) is 0 Å². The first kappa shape index (κ1) is 18.3. The molecule has 6 nitrogen and oxygen atoms in total. The van der Waals surface area contributed by atoms with Crippen molar-refractivity contribution in [2.24, 2.45) is 7.05 Å². The van der Waals surface area contributed by atoms with Crippen LogP contribution in [-0.2, 0) is 13.5 Å².